The summed E-state index contributed by atoms with van der Waals surface area (Å²) in [6.45, 7) is 5.39. The second-order valence-corrected chi connectivity index (χ2v) is 16.5. The SMILES string of the molecule is CCCCCCCCC/C=C\CCCCCCCCCC(=O)OC(CO)COCCCCCCCCCCCCCCCCCCCCCCCCC. The summed E-state index contributed by atoms with van der Waals surface area (Å²) in [7, 11) is 0. The topological polar surface area (TPSA) is 55.8 Å². The summed E-state index contributed by atoms with van der Waals surface area (Å²) in [4.78, 5) is 12.2. The number of hydrogen-bond acceptors (Lipinski definition) is 4. The van der Waals surface area contributed by atoms with Crippen molar-refractivity contribution in [3.63, 3.8) is 0 Å². The first kappa shape index (κ1) is 52.1. The maximum atomic E-state index is 12.2. The Morgan fingerprint density at radius 2 is 0.736 bits per heavy atom. The number of allylic oxidation sites excluding steroid dienone is 2. The summed E-state index contributed by atoms with van der Waals surface area (Å²) < 4.78 is 11.2. The molecule has 316 valence electrons. The Bertz CT molecular complexity index is 707. The molecule has 0 aliphatic carbocycles. The molecule has 0 heterocycles. The van der Waals surface area contributed by atoms with Gasteiger partial charge < -0.3 is 14.6 Å². The summed E-state index contributed by atoms with van der Waals surface area (Å²) in [5, 5.41) is 9.63. The van der Waals surface area contributed by atoms with E-state index in [0.29, 0.717) is 19.6 Å². The first-order valence-electron chi connectivity index (χ1n) is 24.3. The molecule has 0 aromatic rings. The van der Waals surface area contributed by atoms with E-state index in [0.717, 1.165) is 19.3 Å². The molecule has 0 aromatic heterocycles. The Balaban J connectivity index is 3.35. The van der Waals surface area contributed by atoms with E-state index in [4.69, 9.17) is 9.47 Å². The highest BCUT2D eigenvalue weighted by Gasteiger charge is 2.13. The molecule has 4 heteroatoms. The first-order valence-corrected chi connectivity index (χ1v) is 24.3. The fourth-order valence-corrected chi connectivity index (χ4v) is 7.44. The number of aliphatic hydroxyl groups excluding tert-OH is 1. The summed E-state index contributed by atoms with van der Waals surface area (Å²) >= 11 is 0. The van der Waals surface area contributed by atoms with E-state index in [-0.39, 0.29) is 12.6 Å². The van der Waals surface area contributed by atoms with Gasteiger partial charge in [0.1, 0.15) is 6.10 Å². The number of unbranched alkanes of at least 4 members (excludes halogenated alkanes) is 36. The number of rotatable bonds is 46. The lowest BCUT2D eigenvalue weighted by Gasteiger charge is -2.16. The van der Waals surface area contributed by atoms with E-state index in [1.54, 1.807) is 0 Å². The van der Waals surface area contributed by atoms with E-state index in [2.05, 4.69) is 26.0 Å². The molecule has 0 amide bonds. The standard InChI is InChI=1S/C49H96O4/c1-3-5-7-9-11-13-15-17-19-21-23-24-25-26-27-29-31-33-35-37-39-41-43-45-52-47-48(46-50)53-49(51)44-42-40-38-36-34-32-30-28-22-20-18-16-14-12-10-8-6-4-2/h20,22,48,50H,3-19,21,23-47H2,1-2H3/b22-20-. The lowest BCUT2D eigenvalue weighted by Crippen LogP contribution is -2.27. The molecular weight excluding hydrogens is 653 g/mol. The predicted octanol–water partition coefficient (Wildman–Crippen LogP) is 16.1. The lowest BCUT2D eigenvalue weighted by molar-refractivity contribution is -0.154. The highest BCUT2D eigenvalue weighted by molar-refractivity contribution is 5.69. The van der Waals surface area contributed by atoms with Crippen molar-refractivity contribution in [1.29, 1.82) is 0 Å². The number of carbonyl (C=O) groups excluding carboxylic acids is 1. The molecule has 0 spiro atoms. The maximum absolute atomic E-state index is 12.2. The van der Waals surface area contributed by atoms with Crippen molar-refractivity contribution in [2.75, 3.05) is 19.8 Å². The van der Waals surface area contributed by atoms with Crippen LogP contribution >= 0.6 is 0 Å². The Morgan fingerprint density at radius 1 is 0.434 bits per heavy atom. The molecule has 0 aliphatic rings. The lowest BCUT2D eigenvalue weighted by atomic mass is 10.0. The highest BCUT2D eigenvalue weighted by atomic mass is 16.6. The summed E-state index contributed by atoms with van der Waals surface area (Å²) in [5.74, 6) is -0.199. The minimum absolute atomic E-state index is 0.167. The van der Waals surface area contributed by atoms with Crippen molar-refractivity contribution >= 4 is 5.97 Å². The third-order valence-electron chi connectivity index (χ3n) is 11.1. The van der Waals surface area contributed by atoms with Gasteiger partial charge in [0.05, 0.1) is 13.2 Å². The van der Waals surface area contributed by atoms with Crippen molar-refractivity contribution in [3.8, 4) is 0 Å². The zero-order valence-corrected chi connectivity index (χ0v) is 36.3. The first-order chi connectivity index (χ1) is 26.2. The van der Waals surface area contributed by atoms with Crippen LogP contribution in [0.3, 0.4) is 0 Å². The molecule has 1 N–H and O–H groups in total. The van der Waals surface area contributed by atoms with Crippen molar-refractivity contribution in [2.24, 2.45) is 0 Å². The molecule has 0 radical (unpaired) electrons. The van der Waals surface area contributed by atoms with Gasteiger partial charge in [-0.15, -0.1) is 0 Å². The van der Waals surface area contributed by atoms with Gasteiger partial charge in [0.2, 0.25) is 0 Å². The second kappa shape index (κ2) is 47.3. The molecule has 0 saturated heterocycles. The van der Waals surface area contributed by atoms with Crippen LogP contribution < -0.4 is 0 Å². The summed E-state index contributed by atoms with van der Waals surface area (Å²) in [5.41, 5.74) is 0. The minimum Gasteiger partial charge on any atom is -0.457 e. The van der Waals surface area contributed by atoms with Crippen molar-refractivity contribution in [2.45, 2.75) is 277 Å². The second-order valence-electron chi connectivity index (χ2n) is 16.5. The van der Waals surface area contributed by atoms with Gasteiger partial charge in [-0.1, -0.05) is 238 Å². The van der Waals surface area contributed by atoms with Gasteiger partial charge in [-0.25, -0.2) is 0 Å². The van der Waals surface area contributed by atoms with Gasteiger partial charge in [-0.2, -0.15) is 0 Å². The Morgan fingerprint density at radius 3 is 1.08 bits per heavy atom. The molecule has 1 atom stereocenters. The van der Waals surface area contributed by atoms with Crippen LogP contribution in [0.4, 0.5) is 0 Å². The molecule has 0 rings (SSSR count). The molecule has 53 heavy (non-hydrogen) atoms. The van der Waals surface area contributed by atoms with Crippen LogP contribution in [-0.2, 0) is 14.3 Å². The van der Waals surface area contributed by atoms with Gasteiger partial charge in [0, 0.05) is 13.0 Å². The van der Waals surface area contributed by atoms with E-state index < -0.39 is 6.10 Å². The zero-order valence-electron chi connectivity index (χ0n) is 36.3. The van der Waals surface area contributed by atoms with Crippen LogP contribution in [-0.4, -0.2) is 37.0 Å². The van der Waals surface area contributed by atoms with E-state index in [1.807, 2.05) is 0 Å². The van der Waals surface area contributed by atoms with Gasteiger partial charge in [-0.3, -0.25) is 4.79 Å². The molecule has 1 unspecified atom stereocenters. The predicted molar refractivity (Wildman–Crippen MR) is 233 cm³/mol. The number of esters is 1. The van der Waals surface area contributed by atoms with Crippen LogP contribution in [0, 0.1) is 0 Å². The van der Waals surface area contributed by atoms with Crippen LogP contribution in [0.1, 0.15) is 271 Å². The van der Waals surface area contributed by atoms with Gasteiger partial charge in [0.15, 0.2) is 0 Å². The maximum Gasteiger partial charge on any atom is 0.306 e. The normalized spacial score (nSPS) is 12.3. The molecule has 4 nitrogen and oxygen atoms in total. The molecule has 0 bridgehead atoms. The molecule has 0 fully saturated rings. The van der Waals surface area contributed by atoms with E-state index in [1.165, 1.54) is 231 Å². The number of aliphatic hydroxyl groups is 1. The van der Waals surface area contributed by atoms with Crippen LogP contribution in [0.5, 0.6) is 0 Å². The average molecular weight is 749 g/mol. The van der Waals surface area contributed by atoms with Crippen LogP contribution in [0.15, 0.2) is 12.2 Å². The van der Waals surface area contributed by atoms with Gasteiger partial charge in [0.25, 0.3) is 0 Å². The molecule has 0 saturated carbocycles. The molecular formula is C49H96O4. The minimum atomic E-state index is -0.531. The van der Waals surface area contributed by atoms with Crippen molar-refractivity contribution in [3.05, 3.63) is 12.2 Å². The van der Waals surface area contributed by atoms with Crippen molar-refractivity contribution in [1.82, 2.24) is 0 Å². The Kier molecular flexibility index (Phi) is 46.5. The quantitative estimate of drug-likeness (QED) is 0.0383. The third-order valence-corrected chi connectivity index (χ3v) is 11.1. The fourth-order valence-electron chi connectivity index (χ4n) is 7.44. The number of ether oxygens (including phenoxy) is 2. The van der Waals surface area contributed by atoms with E-state index in [9.17, 15) is 9.90 Å². The Labute approximate surface area is 333 Å². The third kappa shape index (κ3) is 45.4. The van der Waals surface area contributed by atoms with Crippen molar-refractivity contribution < 1.29 is 19.4 Å². The van der Waals surface area contributed by atoms with Crippen LogP contribution in [0.25, 0.3) is 0 Å². The Hall–Kier alpha value is -0.870. The number of hydrogen-bond donors (Lipinski definition) is 1. The molecule has 0 aliphatic heterocycles. The van der Waals surface area contributed by atoms with Crippen LogP contribution in [0.2, 0.25) is 0 Å². The van der Waals surface area contributed by atoms with Gasteiger partial charge >= 0.3 is 5.97 Å². The smallest absolute Gasteiger partial charge is 0.306 e. The average Bonchev–Trinajstić information content (AvgIpc) is 3.16. The highest BCUT2D eigenvalue weighted by Crippen LogP contribution is 2.16. The monoisotopic (exact) mass is 749 g/mol. The summed E-state index contributed by atoms with van der Waals surface area (Å²) in [6.07, 6.45) is 57.2. The number of carbonyl (C=O) groups is 1. The largest absolute Gasteiger partial charge is 0.457 e. The fraction of sp³-hybridized carbons (Fsp3) is 0.939. The van der Waals surface area contributed by atoms with Gasteiger partial charge in [-0.05, 0) is 38.5 Å². The summed E-state index contributed by atoms with van der Waals surface area (Å²) in [6, 6.07) is 0. The molecule has 0 aromatic carbocycles. The van der Waals surface area contributed by atoms with E-state index >= 15 is 0 Å². The zero-order chi connectivity index (χ0) is 38.4.